The van der Waals surface area contributed by atoms with Gasteiger partial charge in [-0.15, -0.1) is 0 Å². The number of hydrogen-bond donors (Lipinski definition) is 2. The van der Waals surface area contributed by atoms with E-state index >= 15 is 0 Å². The van der Waals surface area contributed by atoms with E-state index in [1.165, 1.54) is 29.8 Å². The summed E-state index contributed by atoms with van der Waals surface area (Å²) in [4.78, 5) is 33.7. The maximum absolute atomic E-state index is 11.9. The lowest BCUT2D eigenvalue weighted by Gasteiger charge is -2.09. The lowest BCUT2D eigenvalue weighted by Crippen LogP contribution is -2.34. The molecule has 0 atom stereocenters. The molecule has 0 bridgehead atoms. The number of benzene rings is 2. The van der Waals surface area contributed by atoms with E-state index in [0.29, 0.717) is 18.7 Å². The van der Waals surface area contributed by atoms with E-state index in [1.807, 2.05) is 30.3 Å². The second-order valence-corrected chi connectivity index (χ2v) is 6.52. The Kier molecular flexibility index (Phi) is 8.71. The van der Waals surface area contributed by atoms with Gasteiger partial charge in [0.15, 0.2) is 5.11 Å². The van der Waals surface area contributed by atoms with Gasteiger partial charge in [-0.1, -0.05) is 30.3 Å². The van der Waals surface area contributed by atoms with Crippen molar-refractivity contribution in [2.75, 3.05) is 11.9 Å². The maximum atomic E-state index is 11.9. The van der Waals surface area contributed by atoms with Crippen molar-refractivity contribution in [1.29, 1.82) is 0 Å². The van der Waals surface area contributed by atoms with E-state index in [9.17, 15) is 19.7 Å². The molecule has 8 nitrogen and oxygen atoms in total. The van der Waals surface area contributed by atoms with E-state index in [1.54, 1.807) is 0 Å². The predicted molar refractivity (Wildman–Crippen MR) is 112 cm³/mol. The number of nitro groups is 1. The molecule has 2 N–H and O–H groups in total. The first kappa shape index (κ1) is 22.0. The van der Waals surface area contributed by atoms with Crippen LogP contribution in [-0.4, -0.2) is 28.5 Å². The number of nitrogens with zero attached hydrogens (tertiary/aromatic N) is 1. The number of thiocarbonyl (C=S) groups is 1. The standard InChI is InChI=1S/C20H21N3O5S/c24-18(22-20(29)21-16-8-10-17(11-9-16)23(26)27)12-13-19(25)28-14-4-7-15-5-2-1-3-6-15/h1-3,5-6,8-11H,4,7,12-14H2,(H2,21,22,24,29). The Hall–Kier alpha value is -3.33. The number of amides is 1. The third kappa shape index (κ3) is 8.48. The molecule has 2 rings (SSSR count). The molecule has 9 heteroatoms. The number of anilines is 1. The first-order valence-electron chi connectivity index (χ1n) is 8.99. The molecule has 0 radical (unpaired) electrons. The second kappa shape index (κ2) is 11.5. The van der Waals surface area contributed by atoms with Gasteiger partial charge in [0.25, 0.3) is 5.69 Å². The Morgan fingerprint density at radius 2 is 1.72 bits per heavy atom. The maximum Gasteiger partial charge on any atom is 0.306 e. The van der Waals surface area contributed by atoms with Crippen LogP contribution in [-0.2, 0) is 20.7 Å². The van der Waals surface area contributed by atoms with Gasteiger partial charge in [-0.25, -0.2) is 0 Å². The summed E-state index contributed by atoms with van der Waals surface area (Å²) in [6, 6.07) is 15.5. The Morgan fingerprint density at radius 1 is 1.03 bits per heavy atom. The fraction of sp³-hybridized carbons (Fsp3) is 0.250. The molecule has 29 heavy (non-hydrogen) atoms. The third-order valence-electron chi connectivity index (χ3n) is 3.86. The molecule has 0 saturated heterocycles. The summed E-state index contributed by atoms with van der Waals surface area (Å²) in [5.74, 6) is -0.867. The monoisotopic (exact) mass is 415 g/mol. The summed E-state index contributed by atoms with van der Waals surface area (Å²) in [5.41, 5.74) is 1.63. The van der Waals surface area contributed by atoms with Crippen LogP contribution in [0, 0.1) is 10.1 Å². The van der Waals surface area contributed by atoms with Crippen molar-refractivity contribution in [2.24, 2.45) is 0 Å². The zero-order valence-electron chi connectivity index (χ0n) is 15.6. The summed E-state index contributed by atoms with van der Waals surface area (Å²) < 4.78 is 5.12. The van der Waals surface area contributed by atoms with E-state index in [-0.39, 0.29) is 23.6 Å². The number of carbonyl (C=O) groups is 2. The zero-order chi connectivity index (χ0) is 21.1. The number of non-ortho nitro benzene ring substituents is 1. The van der Waals surface area contributed by atoms with Crippen LogP contribution in [0.15, 0.2) is 54.6 Å². The van der Waals surface area contributed by atoms with E-state index in [0.717, 1.165) is 6.42 Å². The molecule has 0 spiro atoms. The molecule has 2 aromatic carbocycles. The van der Waals surface area contributed by atoms with E-state index in [4.69, 9.17) is 17.0 Å². The van der Waals surface area contributed by atoms with Crippen molar-refractivity contribution in [2.45, 2.75) is 25.7 Å². The number of nitrogens with one attached hydrogen (secondary N) is 2. The average Bonchev–Trinajstić information content (AvgIpc) is 2.71. The number of esters is 1. The quantitative estimate of drug-likeness (QED) is 0.212. The predicted octanol–water partition coefficient (Wildman–Crippen LogP) is 3.36. The van der Waals surface area contributed by atoms with Crippen LogP contribution < -0.4 is 10.6 Å². The van der Waals surface area contributed by atoms with Gasteiger partial charge in [-0.2, -0.15) is 0 Å². The SMILES string of the molecule is O=C(CCC(=O)OCCCc1ccccc1)NC(=S)Nc1ccc([N+](=O)[O-])cc1. The molecule has 152 valence electrons. The third-order valence-corrected chi connectivity index (χ3v) is 4.06. The van der Waals surface area contributed by atoms with Crippen molar-refractivity contribution < 1.29 is 19.2 Å². The van der Waals surface area contributed by atoms with Gasteiger partial charge in [0.2, 0.25) is 5.91 Å². The molecular weight excluding hydrogens is 394 g/mol. The minimum absolute atomic E-state index is 0.0417. The van der Waals surface area contributed by atoms with Gasteiger partial charge in [0.1, 0.15) is 0 Å². The number of ether oxygens (including phenoxy) is 1. The van der Waals surface area contributed by atoms with Crippen molar-refractivity contribution in [3.63, 3.8) is 0 Å². The average molecular weight is 415 g/mol. The molecule has 0 fully saturated rings. The lowest BCUT2D eigenvalue weighted by atomic mass is 10.1. The van der Waals surface area contributed by atoms with Crippen molar-refractivity contribution in [1.82, 2.24) is 5.32 Å². The second-order valence-electron chi connectivity index (χ2n) is 6.12. The number of rotatable bonds is 9. The molecule has 2 aromatic rings. The van der Waals surface area contributed by atoms with Crippen molar-refractivity contribution in [3.8, 4) is 0 Å². The number of aryl methyl sites for hydroxylation is 1. The molecule has 0 heterocycles. The largest absolute Gasteiger partial charge is 0.466 e. The topological polar surface area (TPSA) is 111 Å². The minimum Gasteiger partial charge on any atom is -0.466 e. The van der Waals surface area contributed by atoms with Gasteiger partial charge in [-0.05, 0) is 42.8 Å². The summed E-state index contributed by atoms with van der Waals surface area (Å²) in [6.07, 6.45) is 1.43. The Balaban J connectivity index is 1.61. The summed E-state index contributed by atoms with van der Waals surface area (Å²) >= 11 is 5.02. The van der Waals surface area contributed by atoms with Crippen LogP contribution in [0.4, 0.5) is 11.4 Å². The molecule has 0 aliphatic carbocycles. The van der Waals surface area contributed by atoms with Gasteiger partial charge in [0.05, 0.1) is 18.0 Å². The number of carbonyl (C=O) groups excluding carboxylic acids is 2. The first-order chi connectivity index (χ1) is 13.9. The molecule has 0 aromatic heterocycles. The van der Waals surface area contributed by atoms with Crippen LogP contribution in [0.5, 0.6) is 0 Å². The molecule has 0 unspecified atom stereocenters. The number of nitro benzene ring substituents is 1. The summed E-state index contributed by atoms with van der Waals surface area (Å²) in [6.45, 7) is 0.301. The summed E-state index contributed by atoms with van der Waals surface area (Å²) in [5, 5.41) is 15.9. The Morgan fingerprint density at radius 3 is 2.38 bits per heavy atom. The number of hydrogen-bond acceptors (Lipinski definition) is 6. The highest BCUT2D eigenvalue weighted by Crippen LogP contribution is 2.15. The van der Waals surface area contributed by atoms with Crippen molar-refractivity contribution in [3.05, 3.63) is 70.3 Å². The zero-order valence-corrected chi connectivity index (χ0v) is 16.4. The van der Waals surface area contributed by atoms with Gasteiger partial charge < -0.3 is 15.4 Å². The highest BCUT2D eigenvalue weighted by Gasteiger charge is 2.10. The Bertz CT molecular complexity index is 856. The van der Waals surface area contributed by atoms with E-state index in [2.05, 4.69) is 10.6 Å². The minimum atomic E-state index is -0.509. The van der Waals surface area contributed by atoms with Crippen molar-refractivity contribution >= 4 is 40.6 Å². The fourth-order valence-corrected chi connectivity index (χ4v) is 2.64. The lowest BCUT2D eigenvalue weighted by molar-refractivity contribution is -0.384. The van der Waals surface area contributed by atoms with Crippen LogP contribution in [0.25, 0.3) is 0 Å². The van der Waals surface area contributed by atoms with Gasteiger partial charge >= 0.3 is 5.97 Å². The van der Waals surface area contributed by atoms with Crippen LogP contribution >= 0.6 is 12.2 Å². The highest BCUT2D eigenvalue weighted by atomic mass is 32.1. The summed E-state index contributed by atoms with van der Waals surface area (Å²) in [7, 11) is 0. The smallest absolute Gasteiger partial charge is 0.306 e. The first-order valence-corrected chi connectivity index (χ1v) is 9.39. The highest BCUT2D eigenvalue weighted by molar-refractivity contribution is 7.80. The van der Waals surface area contributed by atoms with Crippen LogP contribution in [0.3, 0.4) is 0 Å². The normalized spacial score (nSPS) is 10.1. The van der Waals surface area contributed by atoms with E-state index < -0.39 is 16.8 Å². The van der Waals surface area contributed by atoms with Crippen LogP contribution in [0.2, 0.25) is 0 Å². The molecule has 0 aliphatic rings. The Labute approximate surface area is 173 Å². The fourth-order valence-electron chi connectivity index (χ4n) is 2.41. The molecule has 0 saturated carbocycles. The van der Waals surface area contributed by atoms with Crippen LogP contribution in [0.1, 0.15) is 24.8 Å². The molecular formula is C20H21N3O5S. The van der Waals surface area contributed by atoms with Gasteiger partial charge in [0, 0.05) is 24.2 Å². The van der Waals surface area contributed by atoms with Gasteiger partial charge in [-0.3, -0.25) is 19.7 Å². The molecule has 1 amide bonds. The molecule has 0 aliphatic heterocycles.